The molecule has 0 aliphatic carbocycles. The molecule has 3 nitrogen and oxygen atoms in total. The van der Waals surface area contributed by atoms with Crippen LogP contribution in [0.15, 0.2) is 35.1 Å². The lowest BCUT2D eigenvalue weighted by Crippen LogP contribution is -2.17. The number of halogens is 2. The Balaban J connectivity index is 2.16. The molecule has 2 rings (SSSR count). The van der Waals surface area contributed by atoms with E-state index in [1.807, 2.05) is 30.1 Å². The second-order valence-corrected chi connectivity index (χ2v) is 4.39. The Morgan fingerprint density at radius 3 is 2.82 bits per heavy atom. The quantitative estimate of drug-likeness (QED) is 0.794. The Kier molecular flexibility index (Phi) is 3.92. The number of hydrogen-bond acceptors (Lipinski definition) is 3. The Bertz CT molecular complexity index is 485. The number of furan rings is 1. The molecule has 0 aromatic carbocycles. The standard InChI is InChI=1S/C12H12Cl2N2O/c1-16(7-9-4-5-17-8-9)12-3-2-10(14)11(6-13)15-12/h2-5,8H,6-7H2,1H3. The molecule has 0 N–H and O–H groups in total. The number of nitrogens with zero attached hydrogens (tertiary/aromatic N) is 2. The first kappa shape index (κ1) is 12.3. The van der Waals surface area contributed by atoms with Crippen LogP contribution < -0.4 is 4.90 Å². The van der Waals surface area contributed by atoms with Crippen molar-refractivity contribution in [2.75, 3.05) is 11.9 Å². The van der Waals surface area contributed by atoms with Crippen LogP contribution in [0.4, 0.5) is 5.82 Å². The molecular formula is C12H12Cl2N2O. The first-order valence-electron chi connectivity index (χ1n) is 5.14. The summed E-state index contributed by atoms with van der Waals surface area (Å²) in [5.41, 5.74) is 1.79. The lowest BCUT2D eigenvalue weighted by atomic mass is 10.3. The van der Waals surface area contributed by atoms with Crippen molar-refractivity contribution in [2.24, 2.45) is 0 Å². The van der Waals surface area contributed by atoms with Gasteiger partial charge in [-0.15, -0.1) is 11.6 Å². The predicted octanol–water partition coefficient (Wildman–Crippen LogP) is 3.70. The van der Waals surface area contributed by atoms with Gasteiger partial charge in [0.1, 0.15) is 5.82 Å². The van der Waals surface area contributed by atoms with Crippen molar-refractivity contribution in [1.29, 1.82) is 0 Å². The summed E-state index contributed by atoms with van der Waals surface area (Å²) in [5, 5.41) is 0.598. The van der Waals surface area contributed by atoms with Crippen molar-refractivity contribution in [3.8, 4) is 0 Å². The van der Waals surface area contributed by atoms with Crippen molar-refractivity contribution in [3.63, 3.8) is 0 Å². The second-order valence-electron chi connectivity index (χ2n) is 3.72. The summed E-state index contributed by atoms with van der Waals surface area (Å²) < 4.78 is 5.03. The number of hydrogen-bond donors (Lipinski definition) is 0. The zero-order valence-electron chi connectivity index (χ0n) is 9.36. The van der Waals surface area contributed by atoms with Gasteiger partial charge in [0, 0.05) is 19.2 Å². The Morgan fingerprint density at radius 2 is 2.18 bits per heavy atom. The molecule has 0 amide bonds. The van der Waals surface area contributed by atoms with E-state index in [2.05, 4.69) is 4.98 Å². The third-order valence-electron chi connectivity index (χ3n) is 2.42. The molecule has 0 bridgehead atoms. The molecule has 0 unspecified atom stereocenters. The van der Waals surface area contributed by atoms with E-state index in [0.717, 1.165) is 17.9 Å². The molecule has 0 radical (unpaired) electrons. The van der Waals surface area contributed by atoms with Crippen LogP contribution in [-0.2, 0) is 12.4 Å². The molecular weight excluding hydrogens is 259 g/mol. The fourth-order valence-electron chi connectivity index (χ4n) is 1.52. The van der Waals surface area contributed by atoms with Gasteiger partial charge in [0.25, 0.3) is 0 Å². The number of aromatic nitrogens is 1. The Morgan fingerprint density at radius 1 is 1.35 bits per heavy atom. The SMILES string of the molecule is CN(Cc1ccoc1)c1ccc(Cl)c(CCl)n1. The van der Waals surface area contributed by atoms with E-state index in [4.69, 9.17) is 27.6 Å². The Hall–Kier alpha value is -1.19. The first-order chi connectivity index (χ1) is 8.20. The van der Waals surface area contributed by atoms with E-state index in [1.54, 1.807) is 12.5 Å². The van der Waals surface area contributed by atoms with E-state index in [1.165, 1.54) is 0 Å². The van der Waals surface area contributed by atoms with Crippen molar-refractivity contribution < 1.29 is 4.42 Å². The van der Waals surface area contributed by atoms with Crippen molar-refractivity contribution in [3.05, 3.63) is 47.0 Å². The maximum absolute atomic E-state index is 5.96. The van der Waals surface area contributed by atoms with Gasteiger partial charge in [0.2, 0.25) is 0 Å². The normalized spacial score (nSPS) is 10.5. The van der Waals surface area contributed by atoms with E-state index in [-0.39, 0.29) is 0 Å². The average molecular weight is 271 g/mol. The highest BCUT2D eigenvalue weighted by Gasteiger charge is 2.07. The number of pyridine rings is 1. The molecule has 2 aromatic rings. The molecule has 0 aliphatic rings. The van der Waals surface area contributed by atoms with Crippen LogP contribution >= 0.6 is 23.2 Å². The molecule has 17 heavy (non-hydrogen) atoms. The van der Waals surface area contributed by atoms with Gasteiger partial charge in [-0.1, -0.05) is 11.6 Å². The molecule has 0 saturated heterocycles. The minimum Gasteiger partial charge on any atom is -0.472 e. The van der Waals surface area contributed by atoms with E-state index < -0.39 is 0 Å². The predicted molar refractivity (Wildman–Crippen MR) is 69.6 cm³/mol. The molecule has 0 saturated carbocycles. The summed E-state index contributed by atoms with van der Waals surface area (Å²) in [7, 11) is 1.96. The van der Waals surface area contributed by atoms with Crippen LogP contribution in [0.5, 0.6) is 0 Å². The molecule has 2 aromatic heterocycles. The largest absolute Gasteiger partial charge is 0.472 e. The monoisotopic (exact) mass is 270 g/mol. The van der Waals surface area contributed by atoms with Crippen LogP contribution in [0.1, 0.15) is 11.3 Å². The third kappa shape index (κ3) is 2.93. The summed E-state index contributed by atoms with van der Waals surface area (Å²) in [6.45, 7) is 0.729. The summed E-state index contributed by atoms with van der Waals surface area (Å²) in [4.78, 5) is 6.41. The van der Waals surface area contributed by atoms with Gasteiger partial charge < -0.3 is 9.32 Å². The first-order valence-corrected chi connectivity index (χ1v) is 6.05. The number of alkyl halides is 1. The molecule has 0 spiro atoms. The topological polar surface area (TPSA) is 29.3 Å². The number of rotatable bonds is 4. The molecule has 2 heterocycles. The summed E-state index contributed by atoms with van der Waals surface area (Å²) in [6, 6.07) is 5.61. The van der Waals surface area contributed by atoms with E-state index in [9.17, 15) is 0 Å². The van der Waals surface area contributed by atoms with Gasteiger partial charge in [-0.3, -0.25) is 0 Å². The fourth-order valence-corrected chi connectivity index (χ4v) is 1.96. The zero-order valence-corrected chi connectivity index (χ0v) is 10.9. The zero-order chi connectivity index (χ0) is 12.3. The van der Waals surface area contributed by atoms with Crippen LogP contribution in [-0.4, -0.2) is 12.0 Å². The maximum Gasteiger partial charge on any atom is 0.129 e. The molecule has 0 aliphatic heterocycles. The minimum atomic E-state index is 0.312. The highest BCUT2D eigenvalue weighted by molar-refractivity contribution is 6.32. The third-order valence-corrected chi connectivity index (χ3v) is 3.02. The van der Waals surface area contributed by atoms with Crippen LogP contribution in [0.2, 0.25) is 5.02 Å². The van der Waals surface area contributed by atoms with Crippen molar-refractivity contribution in [1.82, 2.24) is 4.98 Å². The molecule has 90 valence electrons. The summed E-state index contributed by atoms with van der Waals surface area (Å²) >= 11 is 11.7. The van der Waals surface area contributed by atoms with E-state index >= 15 is 0 Å². The lowest BCUT2D eigenvalue weighted by Gasteiger charge is -2.18. The lowest BCUT2D eigenvalue weighted by molar-refractivity contribution is 0.563. The average Bonchev–Trinajstić information content (AvgIpc) is 2.82. The van der Waals surface area contributed by atoms with Crippen molar-refractivity contribution >= 4 is 29.0 Å². The number of anilines is 1. The van der Waals surface area contributed by atoms with Gasteiger partial charge in [0.15, 0.2) is 0 Å². The van der Waals surface area contributed by atoms with Gasteiger partial charge in [0.05, 0.1) is 29.1 Å². The highest BCUT2D eigenvalue weighted by atomic mass is 35.5. The minimum absolute atomic E-state index is 0.312. The highest BCUT2D eigenvalue weighted by Crippen LogP contribution is 2.21. The summed E-state index contributed by atoms with van der Waals surface area (Å²) in [5.74, 6) is 1.15. The molecule has 0 fully saturated rings. The Labute approximate surface area is 110 Å². The van der Waals surface area contributed by atoms with E-state index in [0.29, 0.717) is 16.6 Å². The summed E-state index contributed by atoms with van der Waals surface area (Å²) in [6.07, 6.45) is 3.37. The van der Waals surface area contributed by atoms with Crippen LogP contribution in [0.25, 0.3) is 0 Å². The van der Waals surface area contributed by atoms with Crippen molar-refractivity contribution in [2.45, 2.75) is 12.4 Å². The van der Waals surface area contributed by atoms with Crippen LogP contribution in [0.3, 0.4) is 0 Å². The van der Waals surface area contributed by atoms with Crippen LogP contribution in [0, 0.1) is 0 Å². The molecule has 5 heteroatoms. The second kappa shape index (κ2) is 5.43. The smallest absolute Gasteiger partial charge is 0.129 e. The maximum atomic E-state index is 5.96. The van der Waals surface area contributed by atoms with Gasteiger partial charge in [-0.05, 0) is 18.2 Å². The molecule has 0 atom stereocenters. The van der Waals surface area contributed by atoms with Gasteiger partial charge >= 0.3 is 0 Å². The van der Waals surface area contributed by atoms with Gasteiger partial charge in [-0.25, -0.2) is 4.98 Å². The van der Waals surface area contributed by atoms with Gasteiger partial charge in [-0.2, -0.15) is 0 Å². The fraction of sp³-hybridized carbons (Fsp3) is 0.250.